The van der Waals surface area contributed by atoms with Gasteiger partial charge >= 0.3 is 0 Å². The molecule has 0 aromatic carbocycles. The predicted octanol–water partition coefficient (Wildman–Crippen LogP) is 3.74. The molecule has 0 unspecified atom stereocenters. The smallest absolute Gasteiger partial charge is 0.137 e. The lowest BCUT2D eigenvalue weighted by molar-refractivity contribution is 0.392. The summed E-state index contributed by atoms with van der Waals surface area (Å²) in [4.78, 5) is 4.30. The van der Waals surface area contributed by atoms with Crippen molar-refractivity contribution in [1.82, 2.24) is 10.1 Å². The predicted molar refractivity (Wildman–Crippen MR) is 67.5 cm³/mol. The van der Waals surface area contributed by atoms with Crippen molar-refractivity contribution in [2.45, 2.75) is 24.6 Å². The van der Waals surface area contributed by atoms with E-state index in [4.69, 9.17) is 4.52 Å². The average molecular weight is 299 g/mol. The van der Waals surface area contributed by atoms with E-state index in [0.717, 1.165) is 32.3 Å². The minimum absolute atomic E-state index is 0.843. The van der Waals surface area contributed by atoms with Gasteiger partial charge in [0.15, 0.2) is 0 Å². The van der Waals surface area contributed by atoms with Crippen molar-refractivity contribution in [2.24, 2.45) is 0 Å². The van der Waals surface area contributed by atoms with Crippen molar-refractivity contribution >= 4 is 27.7 Å². The molecule has 0 spiro atoms. The molecule has 84 valence electrons. The van der Waals surface area contributed by atoms with Gasteiger partial charge < -0.3 is 4.52 Å². The summed E-state index contributed by atoms with van der Waals surface area (Å²) >= 11 is 5.04. The molecule has 2 aromatic heterocycles. The van der Waals surface area contributed by atoms with E-state index in [9.17, 15) is 0 Å². The summed E-state index contributed by atoms with van der Waals surface area (Å²) < 4.78 is 6.11. The maximum absolute atomic E-state index is 5.11. The van der Waals surface area contributed by atoms with Crippen LogP contribution in [0.3, 0.4) is 0 Å². The molecule has 2 heterocycles. The summed E-state index contributed by atoms with van der Waals surface area (Å²) in [5.74, 6) is 1.73. The van der Waals surface area contributed by atoms with Crippen molar-refractivity contribution in [2.75, 3.05) is 0 Å². The first-order valence-corrected chi connectivity index (χ1v) is 6.61. The third kappa shape index (κ3) is 2.65. The maximum Gasteiger partial charge on any atom is 0.137 e. The first-order chi connectivity index (χ1) is 7.66. The molecular weight excluding hydrogens is 288 g/mol. The number of aromatic nitrogens is 2. The molecule has 0 amide bonds. The fraction of sp³-hybridized carbons (Fsp3) is 0.273. The molecular formula is C11H11BrN2OS. The molecule has 0 bridgehead atoms. The molecule has 0 fully saturated rings. The van der Waals surface area contributed by atoms with Crippen molar-refractivity contribution < 1.29 is 4.52 Å². The van der Waals surface area contributed by atoms with E-state index in [0.29, 0.717) is 0 Å². The fourth-order valence-electron chi connectivity index (χ4n) is 1.30. The second kappa shape index (κ2) is 5.01. The SMILES string of the molecule is Cc1noc(C)c1CSc1ccc(Br)cn1. The molecule has 2 aromatic rings. The topological polar surface area (TPSA) is 38.9 Å². The molecule has 0 N–H and O–H groups in total. The summed E-state index contributed by atoms with van der Waals surface area (Å²) in [6.45, 7) is 3.90. The van der Waals surface area contributed by atoms with Crippen LogP contribution in [0.5, 0.6) is 0 Å². The van der Waals surface area contributed by atoms with Gasteiger partial charge in [0.05, 0.1) is 10.7 Å². The summed E-state index contributed by atoms with van der Waals surface area (Å²) in [5.41, 5.74) is 2.12. The number of hydrogen-bond donors (Lipinski definition) is 0. The number of rotatable bonds is 3. The zero-order valence-electron chi connectivity index (χ0n) is 9.03. The number of pyridine rings is 1. The minimum atomic E-state index is 0.843. The van der Waals surface area contributed by atoms with Crippen LogP contribution in [-0.2, 0) is 5.75 Å². The van der Waals surface area contributed by atoms with Gasteiger partial charge in [0.2, 0.25) is 0 Å². The first-order valence-electron chi connectivity index (χ1n) is 4.83. The average Bonchev–Trinajstić information content (AvgIpc) is 2.59. The van der Waals surface area contributed by atoms with Crippen LogP contribution in [0.2, 0.25) is 0 Å². The van der Waals surface area contributed by atoms with E-state index in [-0.39, 0.29) is 0 Å². The lowest BCUT2D eigenvalue weighted by Gasteiger charge is -2.00. The Hall–Kier alpha value is -0.810. The molecule has 0 aliphatic heterocycles. The highest BCUT2D eigenvalue weighted by Crippen LogP contribution is 2.25. The Kier molecular flexibility index (Phi) is 3.66. The summed E-state index contributed by atoms with van der Waals surface area (Å²) in [5, 5.41) is 4.93. The number of hydrogen-bond acceptors (Lipinski definition) is 4. The van der Waals surface area contributed by atoms with Crippen molar-refractivity contribution in [3.63, 3.8) is 0 Å². The van der Waals surface area contributed by atoms with Crippen LogP contribution in [0, 0.1) is 13.8 Å². The molecule has 0 radical (unpaired) electrons. The quantitative estimate of drug-likeness (QED) is 0.809. The van der Waals surface area contributed by atoms with E-state index in [2.05, 4.69) is 26.1 Å². The van der Waals surface area contributed by atoms with E-state index in [1.54, 1.807) is 18.0 Å². The number of nitrogens with zero attached hydrogens (tertiary/aromatic N) is 2. The summed E-state index contributed by atoms with van der Waals surface area (Å²) in [6, 6.07) is 3.98. The highest BCUT2D eigenvalue weighted by molar-refractivity contribution is 9.10. The molecule has 2 rings (SSSR count). The second-order valence-electron chi connectivity index (χ2n) is 3.41. The van der Waals surface area contributed by atoms with Crippen molar-refractivity contribution in [1.29, 1.82) is 0 Å². The maximum atomic E-state index is 5.11. The summed E-state index contributed by atoms with van der Waals surface area (Å²) in [6.07, 6.45) is 1.80. The number of halogens is 1. The van der Waals surface area contributed by atoms with Gasteiger partial charge in [-0.25, -0.2) is 4.98 Å². The second-order valence-corrected chi connectivity index (χ2v) is 5.32. The van der Waals surface area contributed by atoms with Crippen LogP contribution in [0.4, 0.5) is 0 Å². The van der Waals surface area contributed by atoms with Crippen LogP contribution in [-0.4, -0.2) is 10.1 Å². The van der Waals surface area contributed by atoms with Crippen LogP contribution < -0.4 is 0 Å². The minimum Gasteiger partial charge on any atom is -0.361 e. The van der Waals surface area contributed by atoms with Gasteiger partial charge in [0.25, 0.3) is 0 Å². The molecule has 3 nitrogen and oxygen atoms in total. The molecule has 5 heteroatoms. The van der Waals surface area contributed by atoms with Crippen molar-refractivity contribution in [3.05, 3.63) is 39.8 Å². The van der Waals surface area contributed by atoms with Gasteiger partial charge in [-0.15, -0.1) is 11.8 Å². The monoisotopic (exact) mass is 298 g/mol. The Morgan fingerprint density at radius 1 is 1.38 bits per heavy atom. The number of thioether (sulfide) groups is 1. The van der Waals surface area contributed by atoms with E-state index < -0.39 is 0 Å². The molecule has 16 heavy (non-hydrogen) atoms. The van der Waals surface area contributed by atoms with Gasteiger partial charge in [-0.1, -0.05) is 5.16 Å². The zero-order valence-corrected chi connectivity index (χ0v) is 11.4. The van der Waals surface area contributed by atoms with E-state index in [1.807, 2.05) is 26.0 Å². The molecule has 0 atom stereocenters. The highest BCUT2D eigenvalue weighted by atomic mass is 79.9. The Labute approximate surface area is 107 Å². The Bertz CT molecular complexity index is 462. The third-order valence-electron chi connectivity index (χ3n) is 2.25. The van der Waals surface area contributed by atoms with Crippen LogP contribution in [0.15, 0.2) is 32.4 Å². The Morgan fingerprint density at radius 2 is 2.19 bits per heavy atom. The molecule has 0 aliphatic carbocycles. The van der Waals surface area contributed by atoms with Crippen LogP contribution in [0.1, 0.15) is 17.0 Å². The lowest BCUT2D eigenvalue weighted by atomic mass is 10.2. The van der Waals surface area contributed by atoms with Crippen LogP contribution >= 0.6 is 27.7 Å². The Morgan fingerprint density at radius 3 is 2.75 bits per heavy atom. The first kappa shape index (κ1) is 11.7. The van der Waals surface area contributed by atoms with Gasteiger partial charge in [0, 0.05) is 22.0 Å². The largest absolute Gasteiger partial charge is 0.361 e. The van der Waals surface area contributed by atoms with Gasteiger partial charge in [-0.2, -0.15) is 0 Å². The zero-order chi connectivity index (χ0) is 11.5. The van der Waals surface area contributed by atoms with E-state index in [1.165, 1.54) is 0 Å². The number of aryl methyl sites for hydroxylation is 2. The molecule has 0 aliphatic rings. The third-order valence-corrected chi connectivity index (χ3v) is 3.69. The molecule has 0 saturated carbocycles. The van der Waals surface area contributed by atoms with Crippen LogP contribution in [0.25, 0.3) is 0 Å². The molecule has 0 saturated heterocycles. The fourth-order valence-corrected chi connectivity index (χ4v) is 2.53. The standard InChI is InChI=1S/C11H11BrN2OS/c1-7-10(8(2)15-14-7)6-16-11-4-3-9(12)5-13-11/h3-5H,6H2,1-2H3. The highest BCUT2D eigenvalue weighted by Gasteiger charge is 2.09. The van der Waals surface area contributed by atoms with Gasteiger partial charge in [-0.05, 0) is 41.9 Å². The summed E-state index contributed by atoms with van der Waals surface area (Å²) in [7, 11) is 0. The lowest BCUT2D eigenvalue weighted by Crippen LogP contribution is -1.86. The van der Waals surface area contributed by atoms with Crippen molar-refractivity contribution in [3.8, 4) is 0 Å². The van der Waals surface area contributed by atoms with Gasteiger partial charge in [0.1, 0.15) is 5.76 Å². The Balaban J connectivity index is 2.05. The van der Waals surface area contributed by atoms with Gasteiger partial charge in [-0.3, -0.25) is 0 Å². The van der Waals surface area contributed by atoms with E-state index >= 15 is 0 Å². The normalized spacial score (nSPS) is 10.7.